The summed E-state index contributed by atoms with van der Waals surface area (Å²) in [6.07, 6.45) is 0. The normalized spacial score (nSPS) is 18.6. The Morgan fingerprint density at radius 2 is 2.16 bits per heavy atom. The number of rotatable bonds is 4. The maximum absolute atomic E-state index is 11.8. The molecule has 0 spiro atoms. The Bertz CT molecular complexity index is 459. The Hall–Kier alpha value is -2.08. The van der Waals surface area contributed by atoms with Crippen LogP contribution in [0, 0.1) is 0 Å². The van der Waals surface area contributed by atoms with E-state index < -0.39 is 0 Å². The van der Waals surface area contributed by atoms with Crippen molar-refractivity contribution in [3.8, 4) is 5.75 Å². The predicted octanol–water partition coefficient (Wildman–Crippen LogP) is -1.35. The number of carbonyl (C=O) groups excluding carboxylic acids is 2. The van der Waals surface area contributed by atoms with Gasteiger partial charge < -0.3 is 20.3 Å². The zero-order valence-corrected chi connectivity index (χ0v) is 10.9. The van der Waals surface area contributed by atoms with Crippen molar-refractivity contribution in [3.63, 3.8) is 0 Å². The fourth-order valence-corrected chi connectivity index (χ4v) is 2.01. The molecular formula is C13H18N3O3+. The van der Waals surface area contributed by atoms with Crippen LogP contribution in [0.25, 0.3) is 0 Å². The molecule has 1 saturated heterocycles. The van der Waals surface area contributed by atoms with Crippen LogP contribution < -0.4 is 20.3 Å². The second-order valence-corrected chi connectivity index (χ2v) is 4.48. The van der Waals surface area contributed by atoms with E-state index in [0.29, 0.717) is 19.6 Å². The van der Waals surface area contributed by atoms with Gasteiger partial charge >= 0.3 is 0 Å². The lowest BCUT2D eigenvalue weighted by molar-refractivity contribution is -0.885. The molecule has 0 radical (unpaired) electrons. The highest BCUT2D eigenvalue weighted by atomic mass is 16.5. The van der Waals surface area contributed by atoms with Crippen molar-refractivity contribution in [1.82, 2.24) is 5.32 Å². The average molecular weight is 264 g/mol. The van der Waals surface area contributed by atoms with Crippen molar-refractivity contribution in [2.24, 2.45) is 0 Å². The number of carbonyl (C=O) groups is 2. The van der Waals surface area contributed by atoms with Crippen LogP contribution in [0.3, 0.4) is 0 Å². The van der Waals surface area contributed by atoms with Crippen molar-refractivity contribution in [3.05, 3.63) is 24.3 Å². The van der Waals surface area contributed by atoms with Gasteiger partial charge in [-0.3, -0.25) is 9.59 Å². The van der Waals surface area contributed by atoms with Gasteiger partial charge in [-0.05, 0) is 24.3 Å². The molecule has 1 unspecified atom stereocenters. The van der Waals surface area contributed by atoms with E-state index in [2.05, 4.69) is 10.6 Å². The van der Waals surface area contributed by atoms with Gasteiger partial charge in [0.05, 0.1) is 20.2 Å². The molecule has 1 heterocycles. The van der Waals surface area contributed by atoms with Gasteiger partial charge in [-0.1, -0.05) is 0 Å². The number of anilines is 1. The van der Waals surface area contributed by atoms with Gasteiger partial charge in [0.15, 0.2) is 13.1 Å². The lowest BCUT2D eigenvalue weighted by Gasteiger charge is -2.22. The number of quaternary nitrogens is 1. The highest BCUT2D eigenvalue weighted by Gasteiger charge is 2.21. The van der Waals surface area contributed by atoms with Crippen LogP contribution in [0.1, 0.15) is 0 Å². The summed E-state index contributed by atoms with van der Waals surface area (Å²) in [5.74, 6) is 0.657. The number of methoxy groups -OCH3 is 1. The molecule has 2 rings (SSSR count). The number of hydrogen-bond donors (Lipinski definition) is 3. The first-order chi connectivity index (χ1) is 9.17. The quantitative estimate of drug-likeness (QED) is 0.629. The summed E-state index contributed by atoms with van der Waals surface area (Å²) >= 11 is 0. The lowest BCUT2D eigenvalue weighted by atomic mass is 10.3. The fraction of sp³-hybridized carbons (Fsp3) is 0.385. The van der Waals surface area contributed by atoms with Crippen LogP contribution in [-0.2, 0) is 9.59 Å². The molecule has 1 aromatic carbocycles. The van der Waals surface area contributed by atoms with E-state index in [1.807, 2.05) is 0 Å². The third-order valence-electron chi connectivity index (χ3n) is 3.00. The van der Waals surface area contributed by atoms with E-state index in [9.17, 15) is 9.59 Å². The minimum absolute atomic E-state index is 0.00139. The van der Waals surface area contributed by atoms with E-state index in [1.54, 1.807) is 31.4 Å². The molecule has 0 aliphatic carbocycles. The van der Waals surface area contributed by atoms with Crippen LogP contribution in [-0.4, -0.2) is 45.1 Å². The largest absolute Gasteiger partial charge is 0.497 e. The molecule has 6 heteroatoms. The molecule has 1 aliphatic heterocycles. The van der Waals surface area contributed by atoms with Gasteiger partial charge in [0.2, 0.25) is 0 Å². The van der Waals surface area contributed by atoms with Crippen LogP contribution in [0.15, 0.2) is 24.3 Å². The van der Waals surface area contributed by atoms with Gasteiger partial charge in [-0.25, -0.2) is 0 Å². The molecule has 102 valence electrons. The van der Waals surface area contributed by atoms with Gasteiger partial charge in [0.1, 0.15) is 5.75 Å². The molecule has 19 heavy (non-hydrogen) atoms. The summed E-state index contributed by atoms with van der Waals surface area (Å²) in [4.78, 5) is 24.0. The Morgan fingerprint density at radius 3 is 2.79 bits per heavy atom. The molecule has 0 aromatic heterocycles. The van der Waals surface area contributed by atoms with Gasteiger partial charge in [-0.15, -0.1) is 0 Å². The summed E-state index contributed by atoms with van der Waals surface area (Å²) in [6, 6.07) is 7.15. The molecule has 2 amide bonds. The molecule has 1 fully saturated rings. The molecular weight excluding hydrogens is 246 g/mol. The average Bonchev–Trinajstić information content (AvgIpc) is 2.39. The second kappa shape index (κ2) is 6.19. The van der Waals surface area contributed by atoms with Crippen LogP contribution in [0.5, 0.6) is 5.75 Å². The second-order valence-electron chi connectivity index (χ2n) is 4.48. The van der Waals surface area contributed by atoms with E-state index >= 15 is 0 Å². The highest BCUT2D eigenvalue weighted by molar-refractivity contribution is 5.91. The summed E-state index contributed by atoms with van der Waals surface area (Å²) in [6.45, 7) is 2.07. The van der Waals surface area contributed by atoms with Gasteiger partial charge in [0, 0.05) is 5.69 Å². The Labute approximate surface area is 111 Å². The van der Waals surface area contributed by atoms with Crippen molar-refractivity contribution in [1.29, 1.82) is 0 Å². The van der Waals surface area contributed by atoms with Gasteiger partial charge in [-0.2, -0.15) is 0 Å². The van der Waals surface area contributed by atoms with Gasteiger partial charge in [0.25, 0.3) is 11.8 Å². The molecule has 6 nitrogen and oxygen atoms in total. The monoisotopic (exact) mass is 264 g/mol. The SMILES string of the molecule is COc1ccc(NC(=O)C[NH+]2CCNC(=O)C2)cc1. The third-order valence-corrected chi connectivity index (χ3v) is 3.00. The topological polar surface area (TPSA) is 71.9 Å². The van der Waals surface area contributed by atoms with E-state index in [0.717, 1.165) is 22.9 Å². The number of nitrogens with one attached hydrogen (secondary N) is 3. The fourth-order valence-electron chi connectivity index (χ4n) is 2.01. The van der Waals surface area contributed by atoms with Crippen molar-refractivity contribution < 1.29 is 19.2 Å². The number of benzene rings is 1. The molecule has 1 aliphatic rings. The summed E-state index contributed by atoms with van der Waals surface area (Å²) in [7, 11) is 1.60. The molecule has 1 atom stereocenters. The minimum atomic E-state index is -0.0881. The third kappa shape index (κ3) is 3.96. The Morgan fingerprint density at radius 1 is 1.42 bits per heavy atom. The Balaban J connectivity index is 1.84. The van der Waals surface area contributed by atoms with E-state index in [1.165, 1.54) is 0 Å². The number of piperazine rings is 1. The van der Waals surface area contributed by atoms with Crippen LogP contribution >= 0.6 is 0 Å². The first-order valence-corrected chi connectivity index (χ1v) is 6.21. The smallest absolute Gasteiger partial charge is 0.279 e. The van der Waals surface area contributed by atoms with Crippen molar-refractivity contribution in [2.75, 3.05) is 38.6 Å². The molecule has 3 N–H and O–H groups in total. The summed E-state index contributed by atoms with van der Waals surface area (Å²) in [5, 5.41) is 5.55. The Kier molecular flexibility index (Phi) is 4.35. The minimum Gasteiger partial charge on any atom is -0.497 e. The van der Waals surface area contributed by atoms with Crippen molar-refractivity contribution in [2.45, 2.75) is 0 Å². The highest BCUT2D eigenvalue weighted by Crippen LogP contribution is 2.14. The zero-order chi connectivity index (χ0) is 13.7. The molecule has 0 bridgehead atoms. The number of hydrogen-bond acceptors (Lipinski definition) is 3. The zero-order valence-electron chi connectivity index (χ0n) is 10.9. The lowest BCUT2D eigenvalue weighted by Crippen LogP contribution is -3.16. The van der Waals surface area contributed by atoms with Crippen LogP contribution in [0.2, 0.25) is 0 Å². The predicted molar refractivity (Wildman–Crippen MR) is 70.2 cm³/mol. The first-order valence-electron chi connectivity index (χ1n) is 6.21. The van der Waals surface area contributed by atoms with E-state index in [4.69, 9.17) is 4.74 Å². The standard InChI is InChI=1S/C13H17N3O3/c1-19-11-4-2-10(3-5-11)15-13(18)9-16-7-6-14-12(17)8-16/h2-5H,6-9H2,1H3,(H,14,17)(H,15,18)/p+1. The summed E-state index contributed by atoms with van der Waals surface area (Å²) in [5.41, 5.74) is 0.728. The molecule has 0 saturated carbocycles. The van der Waals surface area contributed by atoms with Crippen LogP contribution in [0.4, 0.5) is 5.69 Å². The maximum Gasteiger partial charge on any atom is 0.279 e. The number of amides is 2. The molecule has 1 aromatic rings. The summed E-state index contributed by atoms with van der Waals surface area (Å²) < 4.78 is 5.05. The number of ether oxygens (including phenoxy) is 1. The van der Waals surface area contributed by atoms with Crippen molar-refractivity contribution >= 4 is 17.5 Å². The first kappa shape index (κ1) is 13.4. The van der Waals surface area contributed by atoms with E-state index in [-0.39, 0.29) is 11.8 Å². The maximum atomic E-state index is 11.8.